The number of pyridine rings is 1. The van der Waals surface area contributed by atoms with Crippen molar-refractivity contribution in [3.63, 3.8) is 0 Å². The number of methoxy groups -OCH3 is 1. The molecule has 128 valence electrons. The normalized spacial score (nSPS) is 11.8. The Hall–Kier alpha value is -2.07. The van der Waals surface area contributed by atoms with Crippen LogP contribution in [0.1, 0.15) is 33.7 Å². The molecule has 1 atom stereocenters. The first-order chi connectivity index (χ1) is 11.0. The summed E-state index contributed by atoms with van der Waals surface area (Å²) in [6, 6.07) is 1.28. The number of aromatic nitrogens is 1. The molecule has 0 fully saturated rings. The summed E-state index contributed by atoms with van der Waals surface area (Å²) in [4.78, 5) is 27.8. The van der Waals surface area contributed by atoms with Crippen LogP contribution in [0.5, 0.6) is 5.75 Å². The minimum atomic E-state index is -0.768. The quantitative estimate of drug-likeness (QED) is 0.307. The highest BCUT2D eigenvalue weighted by Crippen LogP contribution is 2.17. The average molecular weight is 327 g/mol. The van der Waals surface area contributed by atoms with E-state index in [2.05, 4.69) is 10.3 Å². The van der Waals surface area contributed by atoms with Gasteiger partial charge in [0.1, 0.15) is 17.0 Å². The lowest BCUT2D eigenvalue weighted by Gasteiger charge is -2.20. The predicted molar refractivity (Wildman–Crippen MR) is 80.1 cm³/mol. The number of amides is 2. The van der Waals surface area contributed by atoms with Crippen molar-refractivity contribution in [3.05, 3.63) is 28.7 Å². The Labute approximate surface area is 133 Å². The Bertz CT molecular complexity index is 537. The van der Waals surface area contributed by atoms with Gasteiger partial charge in [0, 0.05) is 38.4 Å². The largest absolute Gasteiger partial charge is 0.626 e. The van der Waals surface area contributed by atoms with Crippen LogP contribution in [0.4, 0.5) is 0 Å². The zero-order valence-corrected chi connectivity index (χ0v) is 12.9. The second-order valence-corrected chi connectivity index (χ2v) is 4.68. The van der Waals surface area contributed by atoms with Crippen molar-refractivity contribution in [3.8, 4) is 5.75 Å². The molecule has 0 bridgehead atoms. The van der Waals surface area contributed by atoms with E-state index < -0.39 is 16.9 Å². The molecule has 1 heterocycles. The second-order valence-electron chi connectivity index (χ2n) is 4.68. The summed E-state index contributed by atoms with van der Waals surface area (Å²) < 4.78 is 5.06. The Kier molecular flexibility index (Phi) is 8.13. The van der Waals surface area contributed by atoms with Crippen molar-refractivity contribution in [1.29, 1.82) is 0 Å². The molecule has 4 N–H and O–H groups in total. The van der Waals surface area contributed by atoms with E-state index in [1.165, 1.54) is 13.2 Å². The fourth-order valence-electron chi connectivity index (χ4n) is 1.78. The van der Waals surface area contributed by atoms with E-state index in [1.807, 2.05) is 0 Å². The van der Waals surface area contributed by atoms with Crippen molar-refractivity contribution in [2.45, 2.75) is 12.8 Å². The first-order valence-corrected chi connectivity index (χ1v) is 7.16. The van der Waals surface area contributed by atoms with Gasteiger partial charge in [-0.3, -0.25) is 4.79 Å². The van der Waals surface area contributed by atoms with Gasteiger partial charge in [-0.15, -0.1) is 0 Å². The molecule has 0 aliphatic rings. The molecule has 23 heavy (non-hydrogen) atoms. The predicted octanol–water partition coefficient (Wildman–Crippen LogP) is -1.89. The van der Waals surface area contributed by atoms with Gasteiger partial charge < -0.3 is 30.5 Å². The van der Waals surface area contributed by atoms with Gasteiger partial charge >= 0.3 is 5.91 Å². The van der Waals surface area contributed by atoms with Gasteiger partial charge in [0.05, 0.1) is 13.7 Å². The first kappa shape index (κ1) is 19.0. The Morgan fingerprint density at radius 1 is 1.35 bits per heavy atom. The van der Waals surface area contributed by atoms with Crippen LogP contribution in [0.3, 0.4) is 0 Å². The van der Waals surface area contributed by atoms with Crippen molar-refractivity contribution in [1.82, 2.24) is 10.3 Å². The van der Waals surface area contributed by atoms with Gasteiger partial charge in [0.25, 0.3) is 5.91 Å². The molecule has 9 nitrogen and oxygen atoms in total. The smallest absolute Gasteiger partial charge is 0.349 e. The molecule has 0 aromatic carbocycles. The molecular weight excluding hydrogens is 306 g/mol. The fourth-order valence-corrected chi connectivity index (χ4v) is 1.78. The Balaban J connectivity index is 2.87. The number of hydroxylamine groups is 2. The van der Waals surface area contributed by atoms with Gasteiger partial charge in [0.15, 0.2) is 0 Å². The zero-order chi connectivity index (χ0) is 17.2. The standard InChI is InChI=1S/C14H21N3O6/c1-23-12-8-11(13(20)15-4-2-6-18)16-9-10(12)14(21)17(22)5-3-7-19/h8-9,17-19H,2-7H2,1H3,(H,15,20). The van der Waals surface area contributed by atoms with Crippen molar-refractivity contribution in [2.75, 3.05) is 33.4 Å². The van der Waals surface area contributed by atoms with Crippen LogP contribution in [0.25, 0.3) is 0 Å². The number of quaternary nitrogens is 1. The molecule has 1 unspecified atom stereocenters. The molecule has 0 aliphatic heterocycles. The van der Waals surface area contributed by atoms with Crippen LogP contribution in [0.2, 0.25) is 0 Å². The maximum absolute atomic E-state index is 12.0. The number of aliphatic hydroxyl groups excluding tert-OH is 2. The van der Waals surface area contributed by atoms with Crippen LogP contribution in [-0.2, 0) is 0 Å². The molecule has 0 saturated heterocycles. The number of carbonyl (C=O) groups excluding carboxylic acids is 2. The van der Waals surface area contributed by atoms with E-state index in [0.717, 1.165) is 6.20 Å². The lowest BCUT2D eigenvalue weighted by atomic mass is 10.2. The number of nitrogens with zero attached hydrogens (tertiary/aromatic N) is 1. The average Bonchev–Trinajstić information content (AvgIpc) is 2.58. The third-order valence-electron chi connectivity index (χ3n) is 3.00. The Morgan fingerprint density at radius 3 is 2.65 bits per heavy atom. The van der Waals surface area contributed by atoms with Gasteiger partial charge in [-0.2, -0.15) is 0 Å². The molecule has 1 aromatic rings. The van der Waals surface area contributed by atoms with Gasteiger partial charge in [0.2, 0.25) is 0 Å². The van der Waals surface area contributed by atoms with E-state index >= 15 is 0 Å². The highest BCUT2D eigenvalue weighted by atomic mass is 16.5. The second kappa shape index (κ2) is 9.85. The van der Waals surface area contributed by atoms with Crippen LogP contribution >= 0.6 is 0 Å². The number of rotatable bonds is 9. The zero-order valence-electron chi connectivity index (χ0n) is 12.9. The third-order valence-corrected chi connectivity index (χ3v) is 3.00. The van der Waals surface area contributed by atoms with Gasteiger partial charge in [-0.05, 0) is 6.42 Å². The van der Waals surface area contributed by atoms with Gasteiger partial charge in [-0.1, -0.05) is 0 Å². The molecule has 2 amide bonds. The number of ether oxygens (including phenoxy) is 1. The maximum atomic E-state index is 12.0. The van der Waals surface area contributed by atoms with Crippen molar-refractivity contribution in [2.24, 2.45) is 0 Å². The fraction of sp³-hybridized carbons (Fsp3) is 0.500. The monoisotopic (exact) mass is 327 g/mol. The summed E-state index contributed by atoms with van der Waals surface area (Å²) in [5, 5.41) is 31.0. The van der Waals surface area contributed by atoms with Crippen LogP contribution in [0.15, 0.2) is 12.3 Å². The van der Waals surface area contributed by atoms with Crippen LogP contribution in [0, 0.1) is 5.21 Å². The SMILES string of the molecule is COc1cc(C(=O)NCCCO)ncc1C(=O)[NH+]([O-])CCCO. The van der Waals surface area contributed by atoms with Crippen molar-refractivity contribution >= 4 is 11.8 Å². The number of nitrogens with one attached hydrogen (secondary N) is 2. The molecule has 1 rings (SSSR count). The van der Waals surface area contributed by atoms with Gasteiger partial charge in [-0.25, -0.2) is 9.78 Å². The first-order valence-electron chi connectivity index (χ1n) is 7.16. The summed E-state index contributed by atoms with van der Waals surface area (Å²) in [6.45, 7) is 0.00329. The van der Waals surface area contributed by atoms with Crippen LogP contribution in [-0.4, -0.2) is 60.4 Å². The molecule has 0 radical (unpaired) electrons. The summed E-state index contributed by atoms with van der Waals surface area (Å²) in [5.41, 5.74) is 0.0153. The molecule has 1 aromatic heterocycles. The topological polar surface area (TPSA) is 136 Å². The lowest BCUT2D eigenvalue weighted by molar-refractivity contribution is -0.758. The maximum Gasteiger partial charge on any atom is 0.349 e. The van der Waals surface area contributed by atoms with E-state index in [9.17, 15) is 14.8 Å². The van der Waals surface area contributed by atoms with Crippen LogP contribution < -0.4 is 15.1 Å². The molecular formula is C14H21N3O6. The summed E-state index contributed by atoms with van der Waals surface area (Å²) in [5.74, 6) is -1.16. The molecule has 0 aliphatic carbocycles. The number of aliphatic hydroxyl groups is 2. The molecule has 0 spiro atoms. The van der Waals surface area contributed by atoms with Crippen molar-refractivity contribution < 1.29 is 29.6 Å². The van der Waals surface area contributed by atoms with E-state index in [-0.39, 0.29) is 43.2 Å². The highest BCUT2D eigenvalue weighted by Gasteiger charge is 2.21. The number of hydrogen-bond acceptors (Lipinski definition) is 7. The summed E-state index contributed by atoms with van der Waals surface area (Å²) in [7, 11) is 1.32. The summed E-state index contributed by atoms with van der Waals surface area (Å²) >= 11 is 0. The van der Waals surface area contributed by atoms with E-state index in [1.54, 1.807) is 0 Å². The van der Waals surface area contributed by atoms with E-state index in [4.69, 9.17) is 14.9 Å². The summed E-state index contributed by atoms with van der Waals surface area (Å²) in [6.07, 6.45) is 1.74. The van der Waals surface area contributed by atoms with E-state index in [0.29, 0.717) is 13.0 Å². The Morgan fingerprint density at radius 2 is 2.04 bits per heavy atom. The minimum absolute atomic E-state index is 0.0256. The minimum Gasteiger partial charge on any atom is -0.626 e. The molecule has 0 saturated carbocycles. The highest BCUT2D eigenvalue weighted by molar-refractivity contribution is 5.95. The molecule has 9 heteroatoms. The number of carbonyl (C=O) groups is 2. The number of hydrogen-bond donors (Lipinski definition) is 4. The lowest BCUT2D eigenvalue weighted by Crippen LogP contribution is -3.10. The third kappa shape index (κ3) is 5.57.